The number of thiazole rings is 1. The van der Waals surface area contributed by atoms with E-state index in [-0.39, 0.29) is 22.2 Å². The van der Waals surface area contributed by atoms with E-state index >= 15 is 0 Å². The molecule has 2 amide bonds. The fourth-order valence-corrected chi connectivity index (χ4v) is 7.91. The van der Waals surface area contributed by atoms with Crippen LogP contribution in [0.15, 0.2) is 143 Å². The van der Waals surface area contributed by atoms with Crippen molar-refractivity contribution in [2.24, 2.45) is 5.16 Å². The van der Waals surface area contributed by atoms with Crippen LogP contribution in [0.1, 0.15) is 27.9 Å². The van der Waals surface area contributed by atoms with Crippen LogP contribution in [0.2, 0.25) is 0 Å². The van der Waals surface area contributed by atoms with Gasteiger partial charge in [0.15, 0.2) is 10.8 Å². The number of oxime groups is 1. The molecule has 13 heteroatoms. The number of hydrogen-bond acceptors (Lipinski definition) is 10. The van der Waals surface area contributed by atoms with Gasteiger partial charge in [-0.25, -0.2) is 9.78 Å². The van der Waals surface area contributed by atoms with Crippen molar-refractivity contribution in [2.45, 2.75) is 17.0 Å². The Balaban J connectivity index is 1.22. The predicted octanol–water partition coefficient (Wildman–Crippen LogP) is 5.29. The number of rotatable bonds is 11. The number of pyridine rings is 1. The molecule has 3 aromatic carbocycles. The molecule has 0 bridgehead atoms. The molecule has 0 saturated carbocycles. The van der Waals surface area contributed by atoms with E-state index in [0.717, 1.165) is 33.6 Å². The summed E-state index contributed by atoms with van der Waals surface area (Å²) in [5.41, 5.74) is 8.06. The van der Waals surface area contributed by atoms with Crippen LogP contribution in [0.25, 0.3) is 6.08 Å². The highest BCUT2D eigenvalue weighted by Crippen LogP contribution is 2.42. The Morgan fingerprint density at radius 2 is 1.57 bits per heavy atom. The predicted molar refractivity (Wildman–Crippen MR) is 196 cm³/mol. The molecule has 0 spiro atoms. The number of nitrogens with one attached hydrogen (secondary N) is 1. The van der Waals surface area contributed by atoms with Gasteiger partial charge in [0.05, 0.1) is 0 Å². The summed E-state index contributed by atoms with van der Waals surface area (Å²) in [7, 11) is 0. The van der Waals surface area contributed by atoms with Crippen molar-refractivity contribution in [3.8, 4) is 0 Å². The minimum Gasteiger partial charge on any atom is -0.477 e. The monoisotopic (exact) mass is 714 g/mol. The number of thioether (sulfide) groups is 1. The highest BCUT2D eigenvalue weighted by molar-refractivity contribution is 8.00. The molecular weight excluding hydrogens is 685 g/mol. The zero-order valence-electron chi connectivity index (χ0n) is 26.8. The average molecular weight is 715 g/mol. The number of carbonyl (C=O) groups is 3. The molecule has 2 aliphatic heterocycles. The summed E-state index contributed by atoms with van der Waals surface area (Å²) in [4.78, 5) is 56.3. The lowest BCUT2D eigenvalue weighted by atomic mass is 9.80. The van der Waals surface area contributed by atoms with E-state index in [9.17, 15) is 19.5 Å². The lowest BCUT2D eigenvalue weighted by Gasteiger charge is -2.49. The van der Waals surface area contributed by atoms with Crippen molar-refractivity contribution in [1.82, 2.24) is 20.2 Å². The summed E-state index contributed by atoms with van der Waals surface area (Å²) in [5.74, 6) is -2.22. The number of nitrogens with two attached hydrogens (primary N) is 1. The van der Waals surface area contributed by atoms with E-state index in [1.807, 2.05) is 97.1 Å². The molecule has 0 unspecified atom stereocenters. The topological polar surface area (TPSA) is 160 Å². The Morgan fingerprint density at radius 3 is 2.10 bits per heavy atom. The molecule has 0 radical (unpaired) electrons. The molecule has 1 fully saturated rings. The summed E-state index contributed by atoms with van der Waals surface area (Å²) in [6.07, 6.45) is 6.72. The van der Waals surface area contributed by atoms with Crippen molar-refractivity contribution >= 4 is 57.8 Å². The molecule has 2 aromatic heterocycles. The maximum absolute atomic E-state index is 14.1. The largest absolute Gasteiger partial charge is 0.477 e. The molecule has 5 aromatic rings. The van der Waals surface area contributed by atoms with Crippen LogP contribution in [0.4, 0.5) is 5.13 Å². The van der Waals surface area contributed by atoms with Crippen molar-refractivity contribution in [3.05, 3.63) is 166 Å². The smallest absolute Gasteiger partial charge is 0.352 e. The van der Waals surface area contributed by atoms with E-state index in [1.165, 1.54) is 16.7 Å². The summed E-state index contributed by atoms with van der Waals surface area (Å²) in [6, 6.07) is 31.2. The number of allylic oxidation sites excluding steroid dienone is 1. The number of fused-ring (bicyclic) bond motifs is 1. The van der Waals surface area contributed by atoms with Crippen molar-refractivity contribution < 1.29 is 24.3 Å². The Hall–Kier alpha value is -6.05. The molecule has 4 N–H and O–H groups in total. The van der Waals surface area contributed by atoms with Crippen LogP contribution in [-0.4, -0.2) is 60.6 Å². The van der Waals surface area contributed by atoms with E-state index < -0.39 is 34.8 Å². The van der Waals surface area contributed by atoms with Gasteiger partial charge < -0.3 is 21.0 Å². The Labute approximate surface area is 301 Å². The number of nitrogen functional groups attached to an aromatic ring is 1. The van der Waals surface area contributed by atoms with Crippen LogP contribution >= 0.6 is 23.1 Å². The van der Waals surface area contributed by atoms with Gasteiger partial charge in [-0.15, -0.1) is 23.1 Å². The first-order valence-electron chi connectivity index (χ1n) is 15.8. The van der Waals surface area contributed by atoms with Gasteiger partial charge in [0, 0.05) is 40.2 Å². The number of aromatic nitrogens is 2. The van der Waals surface area contributed by atoms with Crippen LogP contribution in [0.5, 0.6) is 0 Å². The molecule has 1 saturated heterocycles. The first-order chi connectivity index (χ1) is 24.9. The number of carbonyl (C=O) groups excluding carboxylic acids is 2. The third kappa shape index (κ3) is 6.52. The second-order valence-corrected chi connectivity index (χ2v) is 13.5. The Kier molecular flexibility index (Phi) is 9.47. The number of β-lactam (4-membered cyclic amide) rings is 1. The number of aliphatic carboxylic acids is 1. The van der Waals surface area contributed by atoms with Crippen molar-refractivity contribution in [2.75, 3.05) is 11.5 Å². The molecular formula is C38H30N6O5S2. The normalized spacial score (nSPS) is 17.5. The molecule has 0 aliphatic carbocycles. The molecule has 51 heavy (non-hydrogen) atoms. The molecule has 7 rings (SSSR count). The van der Waals surface area contributed by atoms with Gasteiger partial charge in [0.1, 0.15) is 22.8 Å². The zero-order chi connectivity index (χ0) is 35.4. The summed E-state index contributed by atoms with van der Waals surface area (Å²) in [6.45, 7) is 0. The molecule has 2 aliphatic rings. The van der Waals surface area contributed by atoms with Crippen LogP contribution in [-0.2, 0) is 24.8 Å². The first kappa shape index (κ1) is 33.4. The lowest BCUT2D eigenvalue weighted by molar-refractivity contribution is -0.150. The molecule has 254 valence electrons. The minimum absolute atomic E-state index is 0.128. The Bertz CT molecular complexity index is 2060. The van der Waals surface area contributed by atoms with E-state index in [0.29, 0.717) is 11.3 Å². The van der Waals surface area contributed by atoms with Gasteiger partial charge in [-0.1, -0.05) is 114 Å². The van der Waals surface area contributed by atoms with Gasteiger partial charge in [0.2, 0.25) is 5.60 Å². The highest BCUT2D eigenvalue weighted by Gasteiger charge is 2.54. The SMILES string of the molecule is Nc1nc(C(=NOC(c2ccccc2)(c2ccccc2)c2ccccc2)C(=O)N[C@@H]2C(=O)N3C(C(=O)O)=C(/C=C/c4cccnc4)CS[C@@H]23)cs1. The average Bonchev–Trinajstić information content (AvgIpc) is 3.61. The van der Waals surface area contributed by atoms with Gasteiger partial charge in [-0.2, -0.15) is 0 Å². The number of anilines is 1. The summed E-state index contributed by atoms with van der Waals surface area (Å²) >= 11 is 2.48. The number of nitrogens with zero attached hydrogens (tertiary/aromatic N) is 4. The standard InChI is InChI=1S/C38H30N6O5S2/c39-37-41-29(23-51-37)30(43-49-38(26-12-4-1-5-13-26,27-14-6-2-7-15-27)28-16-8-3-9-17-28)33(45)42-31-34(46)44-32(36(47)48)25(22-50-35(31)44)19-18-24-11-10-20-40-21-24/h1-21,23,31,35H,22H2,(H2,39,41)(H,42,45)(H,47,48)/b19-18+,43-30?/t31-,35+/m1/s1. The van der Waals surface area contributed by atoms with Gasteiger partial charge in [-0.05, 0) is 17.2 Å². The van der Waals surface area contributed by atoms with E-state index in [4.69, 9.17) is 10.6 Å². The summed E-state index contributed by atoms with van der Waals surface area (Å²) < 4.78 is 0. The van der Waals surface area contributed by atoms with Gasteiger partial charge in [-0.3, -0.25) is 19.5 Å². The highest BCUT2D eigenvalue weighted by atomic mass is 32.2. The number of amides is 2. The minimum atomic E-state index is -1.29. The van der Waals surface area contributed by atoms with Gasteiger partial charge >= 0.3 is 5.97 Å². The first-order valence-corrected chi connectivity index (χ1v) is 17.7. The second-order valence-electron chi connectivity index (χ2n) is 11.5. The lowest BCUT2D eigenvalue weighted by Crippen LogP contribution is -2.71. The Morgan fingerprint density at radius 1 is 0.941 bits per heavy atom. The third-order valence-electron chi connectivity index (χ3n) is 8.44. The molecule has 2 atom stereocenters. The van der Waals surface area contributed by atoms with Crippen molar-refractivity contribution in [3.63, 3.8) is 0 Å². The maximum atomic E-state index is 14.1. The van der Waals surface area contributed by atoms with Crippen LogP contribution in [0.3, 0.4) is 0 Å². The quantitative estimate of drug-likeness (QED) is 0.0716. The maximum Gasteiger partial charge on any atom is 0.352 e. The van der Waals surface area contributed by atoms with E-state index in [2.05, 4.69) is 20.4 Å². The fourth-order valence-electron chi connectivity index (χ4n) is 6.04. The van der Waals surface area contributed by atoms with Crippen LogP contribution < -0.4 is 11.1 Å². The number of carboxylic acids is 1. The number of benzene rings is 3. The van der Waals surface area contributed by atoms with E-state index in [1.54, 1.807) is 36.0 Å². The molecule has 4 heterocycles. The van der Waals surface area contributed by atoms with Gasteiger partial charge in [0.25, 0.3) is 11.8 Å². The third-order valence-corrected chi connectivity index (χ3v) is 10.4. The number of carboxylic acid groups (broad SMARTS) is 1. The fraction of sp³-hybridized carbons (Fsp3) is 0.105. The zero-order valence-corrected chi connectivity index (χ0v) is 28.5. The summed E-state index contributed by atoms with van der Waals surface area (Å²) in [5, 5.41) is 18.6. The van der Waals surface area contributed by atoms with Crippen molar-refractivity contribution in [1.29, 1.82) is 0 Å². The molecule has 11 nitrogen and oxygen atoms in total. The van der Waals surface area contributed by atoms with Crippen LogP contribution in [0, 0.1) is 0 Å². The number of hydrogen-bond donors (Lipinski definition) is 3. The second kappa shape index (κ2) is 14.4.